The van der Waals surface area contributed by atoms with Crippen LogP contribution >= 0.6 is 0 Å². The number of nitrogens with zero attached hydrogens (tertiary/aromatic N) is 2. The summed E-state index contributed by atoms with van der Waals surface area (Å²) in [5.74, 6) is -0.622. The Morgan fingerprint density at radius 2 is 1.89 bits per heavy atom. The smallest absolute Gasteiger partial charge is 0.305 e. The summed E-state index contributed by atoms with van der Waals surface area (Å²) >= 11 is 0. The minimum atomic E-state index is -0.785. The van der Waals surface area contributed by atoms with Crippen molar-refractivity contribution in [2.24, 2.45) is 0 Å². The molecule has 2 fully saturated rings. The van der Waals surface area contributed by atoms with E-state index in [9.17, 15) is 9.59 Å². The third kappa shape index (κ3) is 3.69. The van der Waals surface area contributed by atoms with Crippen LogP contribution in [-0.2, 0) is 9.59 Å². The van der Waals surface area contributed by atoms with E-state index < -0.39 is 5.97 Å². The lowest BCUT2D eigenvalue weighted by Gasteiger charge is -2.42. The van der Waals surface area contributed by atoms with Gasteiger partial charge in [0.05, 0.1) is 13.0 Å². The Hall–Kier alpha value is -1.10. The second-order valence-corrected chi connectivity index (χ2v) is 5.86. The Morgan fingerprint density at radius 1 is 1.26 bits per heavy atom. The molecule has 1 aliphatic carbocycles. The molecule has 1 heterocycles. The zero-order valence-corrected chi connectivity index (χ0v) is 11.7. The van der Waals surface area contributed by atoms with E-state index in [1.54, 1.807) is 0 Å². The first-order valence-corrected chi connectivity index (χ1v) is 7.29. The fraction of sp³-hybridized carbons (Fsp3) is 0.857. The van der Waals surface area contributed by atoms with Gasteiger partial charge in [-0.25, -0.2) is 0 Å². The largest absolute Gasteiger partial charge is 0.481 e. The van der Waals surface area contributed by atoms with Gasteiger partial charge in [0.25, 0.3) is 0 Å². The molecule has 1 saturated heterocycles. The molecule has 5 heteroatoms. The van der Waals surface area contributed by atoms with Crippen LogP contribution in [0.3, 0.4) is 0 Å². The Morgan fingerprint density at radius 3 is 2.47 bits per heavy atom. The third-order valence-corrected chi connectivity index (χ3v) is 4.41. The molecular weight excluding hydrogens is 244 g/mol. The second-order valence-electron chi connectivity index (χ2n) is 5.86. The average molecular weight is 268 g/mol. The fourth-order valence-electron chi connectivity index (χ4n) is 3.25. The zero-order valence-electron chi connectivity index (χ0n) is 11.7. The molecule has 1 amide bonds. The third-order valence-electron chi connectivity index (χ3n) is 4.41. The number of hydrogen-bond donors (Lipinski definition) is 1. The summed E-state index contributed by atoms with van der Waals surface area (Å²) in [7, 11) is 1.84. The summed E-state index contributed by atoms with van der Waals surface area (Å²) in [5.41, 5.74) is 0. The molecule has 1 N–H and O–H groups in total. The van der Waals surface area contributed by atoms with Gasteiger partial charge in [-0.3, -0.25) is 14.5 Å². The molecule has 5 nitrogen and oxygen atoms in total. The molecule has 0 radical (unpaired) electrons. The van der Waals surface area contributed by atoms with Crippen LogP contribution < -0.4 is 0 Å². The van der Waals surface area contributed by atoms with Crippen molar-refractivity contribution in [3.63, 3.8) is 0 Å². The lowest BCUT2D eigenvalue weighted by Crippen LogP contribution is -2.58. The normalized spacial score (nSPS) is 27.3. The van der Waals surface area contributed by atoms with Gasteiger partial charge in [-0.1, -0.05) is 25.7 Å². The standard InChI is InChI=1S/C14H24N2O3/c1-15-10-13(17)16(9-12(15)8-14(18)19)11-6-4-2-3-5-7-11/h11-12H,2-10H2,1H3,(H,18,19). The van der Waals surface area contributed by atoms with E-state index in [1.807, 2.05) is 16.8 Å². The SMILES string of the molecule is CN1CC(=O)N(C2CCCCCC2)CC1CC(=O)O. The Bertz CT molecular complexity index is 338. The Labute approximate surface area is 114 Å². The summed E-state index contributed by atoms with van der Waals surface area (Å²) in [6.45, 7) is 0.931. The van der Waals surface area contributed by atoms with Crippen LogP contribution in [-0.4, -0.2) is 59.0 Å². The Balaban J connectivity index is 2.01. The lowest BCUT2D eigenvalue weighted by atomic mass is 10.0. The van der Waals surface area contributed by atoms with Crippen LogP contribution in [0.15, 0.2) is 0 Å². The van der Waals surface area contributed by atoms with Gasteiger partial charge >= 0.3 is 5.97 Å². The lowest BCUT2D eigenvalue weighted by molar-refractivity contribution is -0.146. The van der Waals surface area contributed by atoms with Crippen LogP contribution in [0.1, 0.15) is 44.9 Å². The Kier molecular flexibility index (Phi) is 4.80. The predicted octanol–water partition coefficient (Wildman–Crippen LogP) is 1.33. The van der Waals surface area contributed by atoms with Crippen LogP contribution in [0.2, 0.25) is 0 Å². The molecule has 1 saturated carbocycles. The van der Waals surface area contributed by atoms with E-state index in [4.69, 9.17) is 5.11 Å². The monoisotopic (exact) mass is 268 g/mol. The van der Waals surface area contributed by atoms with Crippen molar-refractivity contribution in [3.05, 3.63) is 0 Å². The van der Waals surface area contributed by atoms with Crippen molar-refractivity contribution in [3.8, 4) is 0 Å². The van der Waals surface area contributed by atoms with Crippen molar-refractivity contribution >= 4 is 11.9 Å². The molecule has 0 aromatic heterocycles. The number of rotatable bonds is 3. The number of carbonyl (C=O) groups excluding carboxylic acids is 1. The van der Waals surface area contributed by atoms with Gasteiger partial charge < -0.3 is 10.0 Å². The first kappa shape index (κ1) is 14.3. The van der Waals surface area contributed by atoms with Crippen LogP contribution in [0.5, 0.6) is 0 Å². The van der Waals surface area contributed by atoms with Gasteiger partial charge in [0.1, 0.15) is 0 Å². The van der Waals surface area contributed by atoms with E-state index in [1.165, 1.54) is 25.7 Å². The summed E-state index contributed by atoms with van der Waals surface area (Å²) < 4.78 is 0. The van der Waals surface area contributed by atoms with E-state index in [-0.39, 0.29) is 18.4 Å². The maximum atomic E-state index is 12.2. The molecule has 2 aliphatic rings. The van der Waals surface area contributed by atoms with Gasteiger partial charge in [-0.2, -0.15) is 0 Å². The number of carbonyl (C=O) groups is 2. The van der Waals surface area contributed by atoms with Crippen LogP contribution in [0, 0.1) is 0 Å². The average Bonchev–Trinajstić information content (AvgIpc) is 2.61. The highest BCUT2D eigenvalue weighted by Crippen LogP contribution is 2.25. The summed E-state index contributed by atoms with van der Waals surface area (Å²) in [6.07, 6.45) is 7.17. The molecule has 2 rings (SSSR count). The molecule has 0 spiro atoms. The maximum Gasteiger partial charge on any atom is 0.305 e. The number of amides is 1. The van der Waals surface area contributed by atoms with Gasteiger partial charge in [0, 0.05) is 18.6 Å². The molecule has 1 unspecified atom stereocenters. The topological polar surface area (TPSA) is 60.9 Å². The summed E-state index contributed by atoms with van der Waals surface area (Å²) in [6, 6.07) is 0.290. The van der Waals surface area contributed by atoms with Crippen molar-refractivity contribution in [2.75, 3.05) is 20.1 Å². The van der Waals surface area contributed by atoms with E-state index in [2.05, 4.69) is 0 Å². The molecule has 108 valence electrons. The zero-order chi connectivity index (χ0) is 13.8. The first-order valence-electron chi connectivity index (χ1n) is 7.29. The second kappa shape index (κ2) is 6.37. The highest BCUT2D eigenvalue weighted by atomic mass is 16.4. The summed E-state index contributed by atoms with van der Waals surface area (Å²) in [4.78, 5) is 26.9. The highest BCUT2D eigenvalue weighted by molar-refractivity contribution is 5.80. The van der Waals surface area contributed by atoms with Gasteiger partial charge in [-0.15, -0.1) is 0 Å². The number of carboxylic acids is 1. The van der Waals surface area contributed by atoms with E-state index >= 15 is 0 Å². The minimum absolute atomic E-state index is 0.0431. The number of aliphatic carboxylic acids is 1. The van der Waals surface area contributed by atoms with Crippen LogP contribution in [0.4, 0.5) is 0 Å². The quantitative estimate of drug-likeness (QED) is 0.784. The molecule has 0 bridgehead atoms. The maximum absolute atomic E-state index is 12.2. The van der Waals surface area contributed by atoms with Gasteiger partial charge in [-0.05, 0) is 19.9 Å². The highest BCUT2D eigenvalue weighted by Gasteiger charge is 2.34. The van der Waals surface area contributed by atoms with Gasteiger partial charge in [0.2, 0.25) is 5.91 Å². The van der Waals surface area contributed by atoms with Gasteiger partial charge in [0.15, 0.2) is 0 Å². The molecular formula is C14H24N2O3. The summed E-state index contributed by atoms with van der Waals surface area (Å²) in [5, 5.41) is 8.96. The molecule has 0 aromatic carbocycles. The van der Waals surface area contributed by atoms with Crippen molar-refractivity contribution in [2.45, 2.75) is 57.0 Å². The number of piperazine rings is 1. The van der Waals surface area contributed by atoms with Crippen molar-refractivity contribution in [1.29, 1.82) is 0 Å². The van der Waals surface area contributed by atoms with Crippen molar-refractivity contribution < 1.29 is 14.7 Å². The number of carboxylic acid groups (broad SMARTS) is 1. The minimum Gasteiger partial charge on any atom is -0.481 e. The fourth-order valence-corrected chi connectivity index (χ4v) is 3.25. The number of hydrogen-bond acceptors (Lipinski definition) is 3. The molecule has 0 aromatic rings. The molecule has 19 heavy (non-hydrogen) atoms. The number of likely N-dealkylation sites (N-methyl/N-ethyl adjacent to an activating group) is 1. The predicted molar refractivity (Wildman–Crippen MR) is 71.9 cm³/mol. The molecule has 1 atom stereocenters. The van der Waals surface area contributed by atoms with Crippen molar-refractivity contribution in [1.82, 2.24) is 9.80 Å². The van der Waals surface area contributed by atoms with E-state index in [0.29, 0.717) is 19.1 Å². The van der Waals surface area contributed by atoms with Crippen LogP contribution in [0.25, 0.3) is 0 Å². The molecule has 1 aliphatic heterocycles. The first-order chi connectivity index (χ1) is 9.08. The van der Waals surface area contributed by atoms with E-state index in [0.717, 1.165) is 12.8 Å².